The van der Waals surface area contributed by atoms with Gasteiger partial charge in [0.2, 0.25) is 0 Å². The second-order valence-electron chi connectivity index (χ2n) is 3.74. The molecule has 0 bridgehead atoms. The Balaban J connectivity index is 2.64. The Morgan fingerprint density at radius 2 is 2.27 bits per heavy atom. The maximum atomic E-state index is 6.02. The standard InChI is InChI=1S/C10H15BrClN3/c1-6(13)3-7(2)15-10-9(12)4-8(11)5-14-10/h4-7H,3,13H2,1-2H3,(H,14,15). The van der Waals surface area contributed by atoms with E-state index in [1.807, 2.05) is 13.0 Å². The minimum atomic E-state index is 0.168. The molecule has 0 aliphatic carbocycles. The summed E-state index contributed by atoms with van der Waals surface area (Å²) < 4.78 is 0.873. The van der Waals surface area contributed by atoms with E-state index >= 15 is 0 Å². The Morgan fingerprint density at radius 1 is 1.60 bits per heavy atom. The fourth-order valence-electron chi connectivity index (χ4n) is 1.37. The zero-order valence-corrected chi connectivity index (χ0v) is 11.1. The Labute approximate surface area is 104 Å². The summed E-state index contributed by atoms with van der Waals surface area (Å²) in [5.41, 5.74) is 5.71. The van der Waals surface area contributed by atoms with Gasteiger partial charge in [0.15, 0.2) is 0 Å². The highest BCUT2D eigenvalue weighted by atomic mass is 79.9. The van der Waals surface area contributed by atoms with Crippen LogP contribution in [0.25, 0.3) is 0 Å². The third-order valence-electron chi connectivity index (χ3n) is 1.92. The van der Waals surface area contributed by atoms with Crippen LogP contribution in [-0.2, 0) is 0 Å². The first-order chi connectivity index (χ1) is 6.99. The average Bonchev–Trinajstić information content (AvgIpc) is 2.08. The number of anilines is 1. The zero-order chi connectivity index (χ0) is 11.4. The van der Waals surface area contributed by atoms with Gasteiger partial charge in [-0.2, -0.15) is 0 Å². The first-order valence-electron chi connectivity index (χ1n) is 4.82. The molecule has 0 aliphatic heterocycles. The normalized spacial score (nSPS) is 14.7. The van der Waals surface area contributed by atoms with Gasteiger partial charge >= 0.3 is 0 Å². The van der Waals surface area contributed by atoms with Crippen molar-refractivity contribution in [2.24, 2.45) is 5.73 Å². The van der Waals surface area contributed by atoms with E-state index < -0.39 is 0 Å². The monoisotopic (exact) mass is 291 g/mol. The van der Waals surface area contributed by atoms with Crippen molar-refractivity contribution in [3.8, 4) is 0 Å². The number of nitrogens with zero attached hydrogens (tertiary/aromatic N) is 1. The van der Waals surface area contributed by atoms with Crippen LogP contribution in [0, 0.1) is 0 Å². The number of halogens is 2. The SMILES string of the molecule is CC(N)CC(C)Nc1ncc(Br)cc1Cl. The first kappa shape index (κ1) is 12.7. The Morgan fingerprint density at radius 3 is 2.80 bits per heavy atom. The smallest absolute Gasteiger partial charge is 0.145 e. The van der Waals surface area contributed by atoms with E-state index in [-0.39, 0.29) is 12.1 Å². The van der Waals surface area contributed by atoms with E-state index in [9.17, 15) is 0 Å². The van der Waals surface area contributed by atoms with Crippen molar-refractivity contribution in [1.29, 1.82) is 0 Å². The molecule has 1 rings (SSSR count). The molecule has 0 saturated heterocycles. The van der Waals surface area contributed by atoms with Crippen molar-refractivity contribution in [2.75, 3.05) is 5.32 Å². The maximum absolute atomic E-state index is 6.02. The van der Waals surface area contributed by atoms with Gasteiger partial charge in [0.1, 0.15) is 5.82 Å². The Bertz CT molecular complexity index is 330. The van der Waals surface area contributed by atoms with Crippen LogP contribution in [0.3, 0.4) is 0 Å². The molecule has 0 aromatic carbocycles. The zero-order valence-electron chi connectivity index (χ0n) is 8.80. The van der Waals surface area contributed by atoms with Crippen LogP contribution in [0.5, 0.6) is 0 Å². The molecule has 0 saturated carbocycles. The number of aromatic nitrogens is 1. The van der Waals surface area contributed by atoms with Crippen molar-refractivity contribution in [3.63, 3.8) is 0 Å². The molecule has 5 heteroatoms. The van der Waals surface area contributed by atoms with Crippen LogP contribution >= 0.6 is 27.5 Å². The minimum absolute atomic E-state index is 0.168. The molecule has 1 aromatic rings. The van der Waals surface area contributed by atoms with Crippen LogP contribution in [0.4, 0.5) is 5.82 Å². The van der Waals surface area contributed by atoms with Gasteiger partial charge in [-0.05, 0) is 42.3 Å². The molecule has 2 atom stereocenters. The second kappa shape index (κ2) is 5.68. The topological polar surface area (TPSA) is 50.9 Å². The number of pyridine rings is 1. The highest BCUT2D eigenvalue weighted by molar-refractivity contribution is 9.10. The Kier molecular flexibility index (Phi) is 4.83. The number of hydrogen-bond donors (Lipinski definition) is 2. The summed E-state index contributed by atoms with van der Waals surface area (Å²) in [6, 6.07) is 2.24. The fourth-order valence-corrected chi connectivity index (χ4v) is 2.05. The van der Waals surface area contributed by atoms with Crippen LogP contribution in [-0.4, -0.2) is 17.1 Å². The van der Waals surface area contributed by atoms with Crippen molar-refractivity contribution in [1.82, 2.24) is 4.98 Å². The number of nitrogens with two attached hydrogens (primary N) is 1. The number of nitrogens with one attached hydrogen (secondary N) is 1. The summed E-state index contributed by atoms with van der Waals surface area (Å²) in [6.07, 6.45) is 2.60. The minimum Gasteiger partial charge on any atom is -0.366 e. The van der Waals surface area contributed by atoms with Gasteiger partial charge in [-0.25, -0.2) is 4.98 Å². The quantitative estimate of drug-likeness (QED) is 0.897. The lowest BCUT2D eigenvalue weighted by atomic mass is 10.1. The average molecular weight is 293 g/mol. The van der Waals surface area contributed by atoms with E-state index in [0.717, 1.165) is 10.9 Å². The molecule has 0 aliphatic rings. The van der Waals surface area contributed by atoms with Crippen LogP contribution in [0.2, 0.25) is 5.02 Å². The lowest BCUT2D eigenvalue weighted by molar-refractivity contribution is 0.603. The molecular weight excluding hydrogens is 277 g/mol. The summed E-state index contributed by atoms with van der Waals surface area (Å²) in [7, 11) is 0. The second-order valence-corrected chi connectivity index (χ2v) is 5.07. The molecule has 1 heterocycles. The van der Waals surface area contributed by atoms with Gasteiger partial charge in [0.05, 0.1) is 5.02 Å². The van der Waals surface area contributed by atoms with Crippen molar-refractivity contribution >= 4 is 33.3 Å². The predicted molar refractivity (Wildman–Crippen MR) is 68.3 cm³/mol. The molecule has 3 N–H and O–H groups in total. The molecule has 0 radical (unpaired) electrons. The summed E-state index contributed by atoms with van der Waals surface area (Å²) in [4.78, 5) is 4.19. The predicted octanol–water partition coefficient (Wildman–Crippen LogP) is 3.04. The molecule has 84 valence electrons. The molecule has 3 nitrogen and oxygen atoms in total. The van der Waals surface area contributed by atoms with Crippen molar-refractivity contribution in [3.05, 3.63) is 21.8 Å². The third-order valence-corrected chi connectivity index (χ3v) is 2.64. The lowest BCUT2D eigenvalue weighted by Gasteiger charge is -2.17. The molecule has 0 spiro atoms. The molecule has 2 unspecified atom stereocenters. The maximum Gasteiger partial charge on any atom is 0.145 e. The highest BCUT2D eigenvalue weighted by Crippen LogP contribution is 2.23. The van der Waals surface area contributed by atoms with Crippen LogP contribution < -0.4 is 11.1 Å². The van der Waals surface area contributed by atoms with Crippen LogP contribution in [0.15, 0.2) is 16.7 Å². The van der Waals surface area contributed by atoms with Crippen molar-refractivity contribution in [2.45, 2.75) is 32.4 Å². The van der Waals surface area contributed by atoms with Crippen LogP contribution in [0.1, 0.15) is 20.3 Å². The van der Waals surface area contributed by atoms with Gasteiger partial charge in [-0.1, -0.05) is 11.6 Å². The molecular formula is C10H15BrClN3. The van der Waals surface area contributed by atoms with Gasteiger partial charge in [0, 0.05) is 22.8 Å². The summed E-state index contributed by atoms with van der Waals surface area (Å²) in [5.74, 6) is 0.702. The van der Waals surface area contributed by atoms with E-state index in [1.165, 1.54) is 0 Å². The Hall–Kier alpha value is -0.320. The van der Waals surface area contributed by atoms with Gasteiger partial charge in [-0.15, -0.1) is 0 Å². The van der Waals surface area contributed by atoms with E-state index in [4.69, 9.17) is 17.3 Å². The summed E-state index contributed by atoms with van der Waals surface area (Å²) in [6.45, 7) is 4.04. The van der Waals surface area contributed by atoms with E-state index in [1.54, 1.807) is 6.20 Å². The van der Waals surface area contributed by atoms with Gasteiger partial charge in [0.25, 0.3) is 0 Å². The molecule has 0 fully saturated rings. The summed E-state index contributed by atoms with van der Waals surface area (Å²) >= 11 is 9.33. The molecule has 15 heavy (non-hydrogen) atoms. The van der Waals surface area contributed by atoms with E-state index in [0.29, 0.717) is 10.8 Å². The van der Waals surface area contributed by atoms with Crippen molar-refractivity contribution < 1.29 is 0 Å². The highest BCUT2D eigenvalue weighted by Gasteiger charge is 2.08. The number of rotatable bonds is 4. The molecule has 0 amide bonds. The van der Waals surface area contributed by atoms with E-state index in [2.05, 4.69) is 33.2 Å². The van der Waals surface area contributed by atoms with Gasteiger partial charge < -0.3 is 11.1 Å². The first-order valence-corrected chi connectivity index (χ1v) is 5.99. The fraction of sp³-hybridized carbons (Fsp3) is 0.500. The summed E-state index contributed by atoms with van der Waals surface area (Å²) in [5, 5.41) is 3.84. The van der Waals surface area contributed by atoms with Gasteiger partial charge in [-0.3, -0.25) is 0 Å². The largest absolute Gasteiger partial charge is 0.366 e. The lowest BCUT2D eigenvalue weighted by Crippen LogP contribution is -2.26. The third kappa shape index (κ3) is 4.36. The number of hydrogen-bond acceptors (Lipinski definition) is 3. The molecule has 1 aromatic heterocycles.